The minimum Gasteiger partial charge on any atom is -0.459 e. The van der Waals surface area contributed by atoms with Gasteiger partial charge in [-0.15, -0.1) is 0 Å². The van der Waals surface area contributed by atoms with Gasteiger partial charge in [-0.05, 0) is 36.4 Å². The predicted molar refractivity (Wildman–Crippen MR) is 94.1 cm³/mol. The summed E-state index contributed by atoms with van der Waals surface area (Å²) in [5.74, 6) is 1.39. The summed E-state index contributed by atoms with van der Waals surface area (Å²) in [6.45, 7) is 0. The van der Waals surface area contributed by atoms with Crippen LogP contribution in [0.5, 0.6) is 11.5 Å². The number of pyridine rings is 1. The Bertz CT molecular complexity index is 934. The lowest BCUT2D eigenvalue weighted by Crippen LogP contribution is -2.59. The van der Waals surface area contributed by atoms with E-state index in [1.165, 1.54) is 0 Å². The molecular weight excluding hydrogens is 313 g/mol. The lowest BCUT2D eigenvalue weighted by molar-refractivity contribution is -0.560. The highest BCUT2D eigenvalue weighted by Crippen LogP contribution is 2.32. The van der Waals surface area contributed by atoms with Crippen LogP contribution in [0.3, 0.4) is 0 Å². The molecule has 5 nitrogen and oxygen atoms in total. The number of rotatable bonds is 2. The fraction of sp³-hybridized carbons (Fsp3) is 0.0526. The number of fused-ring (bicyclic) bond motifs is 1. The van der Waals surface area contributed by atoms with E-state index < -0.39 is 7.25 Å². The summed E-state index contributed by atoms with van der Waals surface area (Å²) in [6, 6.07) is 15.5. The largest absolute Gasteiger partial charge is 0.996 e. The first-order valence-corrected chi connectivity index (χ1v) is 7.93. The molecule has 2 aromatic rings. The van der Waals surface area contributed by atoms with E-state index in [0.717, 1.165) is 11.4 Å². The number of likely N-dealkylation sites (N-methyl/N-ethyl adjacent to an activating group) is 1. The van der Waals surface area contributed by atoms with Gasteiger partial charge < -0.3 is 14.2 Å². The minimum absolute atomic E-state index is 0.548. The van der Waals surface area contributed by atoms with Gasteiger partial charge in [-0.25, -0.2) is 0 Å². The number of allylic oxidation sites excluding steroid dienone is 4. The van der Waals surface area contributed by atoms with E-state index in [2.05, 4.69) is 6.07 Å². The SMILES string of the molecule is CN1C=CC=C/C1=C(\C#N)c1cccc[n+]1B1Oc2ccccc2O1. The third-order valence-corrected chi connectivity index (χ3v) is 4.10. The van der Waals surface area contributed by atoms with Crippen molar-refractivity contribution in [1.82, 2.24) is 4.90 Å². The average molecular weight is 328 g/mol. The maximum absolute atomic E-state index is 9.80. The highest BCUT2D eigenvalue weighted by atomic mass is 16.6. The van der Waals surface area contributed by atoms with E-state index in [0.29, 0.717) is 17.1 Å². The van der Waals surface area contributed by atoms with Gasteiger partial charge in [0, 0.05) is 19.3 Å². The van der Waals surface area contributed by atoms with Crippen molar-refractivity contribution in [3.8, 4) is 17.6 Å². The molecule has 1 aromatic heterocycles. The fourth-order valence-corrected chi connectivity index (χ4v) is 2.88. The van der Waals surface area contributed by atoms with E-state index in [-0.39, 0.29) is 0 Å². The second kappa shape index (κ2) is 6.21. The molecule has 0 N–H and O–H groups in total. The molecule has 0 aliphatic carbocycles. The van der Waals surface area contributed by atoms with Gasteiger partial charge in [0.25, 0.3) is 0 Å². The maximum Gasteiger partial charge on any atom is 0.996 e. The van der Waals surface area contributed by atoms with Gasteiger partial charge in [-0.2, -0.15) is 9.74 Å². The van der Waals surface area contributed by atoms with Crippen molar-refractivity contribution in [3.63, 3.8) is 0 Å². The molecule has 25 heavy (non-hydrogen) atoms. The van der Waals surface area contributed by atoms with Crippen molar-refractivity contribution in [2.45, 2.75) is 0 Å². The molecule has 1 aromatic carbocycles. The number of nitriles is 1. The van der Waals surface area contributed by atoms with E-state index in [9.17, 15) is 5.26 Å². The second-order valence-corrected chi connectivity index (χ2v) is 5.67. The summed E-state index contributed by atoms with van der Waals surface area (Å²) in [4.78, 5) is 1.92. The molecule has 0 saturated heterocycles. The van der Waals surface area contributed by atoms with Gasteiger partial charge in [-0.1, -0.05) is 18.2 Å². The van der Waals surface area contributed by atoms with Gasteiger partial charge in [0.15, 0.2) is 6.20 Å². The summed E-state index contributed by atoms with van der Waals surface area (Å²) in [7, 11) is 1.27. The van der Waals surface area contributed by atoms with Crippen LogP contribution in [-0.4, -0.2) is 19.2 Å². The van der Waals surface area contributed by atoms with Gasteiger partial charge in [0.2, 0.25) is 5.69 Å². The molecule has 4 rings (SSSR count). The second-order valence-electron chi connectivity index (χ2n) is 5.67. The molecule has 0 atom stereocenters. The quantitative estimate of drug-likeness (QED) is 0.628. The molecule has 120 valence electrons. The van der Waals surface area contributed by atoms with Gasteiger partial charge in [0.05, 0.1) is 5.70 Å². The first kappa shape index (κ1) is 15.1. The maximum atomic E-state index is 9.80. The van der Waals surface area contributed by atoms with Gasteiger partial charge in [-0.3, -0.25) is 0 Å². The number of para-hydroxylation sites is 2. The molecule has 0 amide bonds. The molecule has 2 aliphatic heterocycles. The lowest BCUT2D eigenvalue weighted by atomic mass is 10.0. The predicted octanol–water partition coefficient (Wildman–Crippen LogP) is 2.53. The van der Waals surface area contributed by atoms with E-state index in [1.54, 1.807) is 0 Å². The molecule has 0 saturated carbocycles. The Balaban J connectivity index is 1.78. The van der Waals surface area contributed by atoms with E-state index in [1.807, 2.05) is 89.5 Å². The molecule has 0 spiro atoms. The van der Waals surface area contributed by atoms with Crippen LogP contribution in [-0.2, 0) is 0 Å². The van der Waals surface area contributed by atoms with Crippen molar-refractivity contribution < 1.29 is 13.8 Å². The smallest absolute Gasteiger partial charge is 0.459 e. The standard InChI is InChI=1S/C19H15BN3O2/c1-22-12-6-4-8-16(22)15(14-21)17-9-5-7-13-23(17)20-24-18-10-2-3-11-19(18)25-20/h2-13H,1H3/q+1. The molecule has 3 heterocycles. The summed E-state index contributed by atoms with van der Waals surface area (Å²) in [5.41, 5.74) is 2.09. The zero-order valence-electron chi connectivity index (χ0n) is 13.7. The van der Waals surface area contributed by atoms with Crippen LogP contribution in [0, 0.1) is 11.3 Å². The molecule has 0 radical (unpaired) electrons. The lowest BCUT2D eigenvalue weighted by Gasteiger charge is -2.19. The Morgan fingerprint density at radius 2 is 1.80 bits per heavy atom. The molecule has 0 bridgehead atoms. The van der Waals surface area contributed by atoms with E-state index in [4.69, 9.17) is 9.31 Å². The summed E-state index contributed by atoms with van der Waals surface area (Å²) < 4.78 is 13.6. The number of aromatic nitrogens is 1. The minimum atomic E-state index is -0.647. The number of nitrogens with zero attached hydrogens (tertiary/aromatic N) is 3. The number of hydrogen-bond acceptors (Lipinski definition) is 4. The summed E-state index contributed by atoms with van der Waals surface area (Å²) >= 11 is 0. The molecule has 6 heteroatoms. The number of hydrogen-bond donors (Lipinski definition) is 0. The normalized spacial score (nSPS) is 16.8. The fourth-order valence-electron chi connectivity index (χ4n) is 2.88. The summed E-state index contributed by atoms with van der Waals surface area (Å²) in [6.07, 6.45) is 9.53. The van der Waals surface area contributed by atoms with Crippen LogP contribution < -0.4 is 13.8 Å². The van der Waals surface area contributed by atoms with Crippen molar-refractivity contribution in [3.05, 3.63) is 84.5 Å². The van der Waals surface area contributed by atoms with Crippen LogP contribution in [0.2, 0.25) is 0 Å². The summed E-state index contributed by atoms with van der Waals surface area (Å²) in [5, 5.41) is 9.80. The number of benzene rings is 1. The Kier molecular flexibility index (Phi) is 3.75. The van der Waals surface area contributed by atoms with Crippen molar-refractivity contribution in [2.75, 3.05) is 7.05 Å². The van der Waals surface area contributed by atoms with Crippen LogP contribution in [0.1, 0.15) is 5.69 Å². The van der Waals surface area contributed by atoms with Gasteiger partial charge in [0.1, 0.15) is 23.1 Å². The zero-order chi connectivity index (χ0) is 17.2. The zero-order valence-corrected chi connectivity index (χ0v) is 13.7. The van der Waals surface area contributed by atoms with E-state index >= 15 is 0 Å². The first-order chi connectivity index (χ1) is 12.3. The monoisotopic (exact) mass is 328 g/mol. The first-order valence-electron chi connectivity index (χ1n) is 7.93. The molecule has 0 unspecified atom stereocenters. The van der Waals surface area contributed by atoms with Crippen LogP contribution >= 0.6 is 0 Å². The molecular formula is C19H15BN3O2+. The Morgan fingerprint density at radius 3 is 2.48 bits per heavy atom. The Labute approximate surface area is 146 Å². The Morgan fingerprint density at radius 1 is 1.08 bits per heavy atom. The van der Waals surface area contributed by atoms with Crippen molar-refractivity contribution in [1.29, 1.82) is 5.26 Å². The van der Waals surface area contributed by atoms with Crippen molar-refractivity contribution in [2.24, 2.45) is 0 Å². The van der Waals surface area contributed by atoms with Crippen LogP contribution in [0.4, 0.5) is 0 Å². The molecule has 0 fully saturated rings. The van der Waals surface area contributed by atoms with Crippen LogP contribution in [0.15, 0.2) is 78.8 Å². The van der Waals surface area contributed by atoms with Crippen molar-refractivity contribution >= 4 is 12.8 Å². The average Bonchev–Trinajstić information content (AvgIpc) is 3.08. The third kappa shape index (κ3) is 2.66. The van der Waals surface area contributed by atoms with Crippen LogP contribution in [0.25, 0.3) is 5.57 Å². The topological polar surface area (TPSA) is 49.4 Å². The Hall–Kier alpha value is -3.46. The van der Waals surface area contributed by atoms with Gasteiger partial charge >= 0.3 is 7.25 Å². The highest BCUT2D eigenvalue weighted by molar-refractivity contribution is 6.37. The molecule has 2 aliphatic rings. The third-order valence-electron chi connectivity index (χ3n) is 4.10. The highest BCUT2D eigenvalue weighted by Gasteiger charge is 2.49.